The zero-order chi connectivity index (χ0) is 16.8. The standard InChI is InChI=1S/C17H16N2O3S/c1-3-15(20)12-4-6-13(7-5-12)22-9-16(21)14(8-18)17-19-11(2)10-23-17/h4-7,10,14H,3,9H2,1-2H3/t14-/m0/s1. The lowest BCUT2D eigenvalue weighted by Crippen LogP contribution is -2.19. The van der Waals surface area contributed by atoms with Crippen molar-refractivity contribution >= 4 is 22.9 Å². The van der Waals surface area contributed by atoms with Gasteiger partial charge in [0.05, 0.1) is 6.07 Å². The van der Waals surface area contributed by atoms with E-state index < -0.39 is 5.92 Å². The van der Waals surface area contributed by atoms with Crippen LogP contribution in [0.15, 0.2) is 29.6 Å². The predicted molar refractivity (Wildman–Crippen MR) is 86.8 cm³/mol. The first kappa shape index (κ1) is 16.8. The van der Waals surface area contributed by atoms with Gasteiger partial charge in [-0.05, 0) is 31.2 Å². The van der Waals surface area contributed by atoms with E-state index in [0.29, 0.717) is 22.7 Å². The molecule has 6 heteroatoms. The van der Waals surface area contributed by atoms with Crippen molar-refractivity contribution in [3.05, 3.63) is 45.9 Å². The SMILES string of the molecule is CCC(=O)c1ccc(OCC(=O)[C@H](C#N)c2nc(C)cs2)cc1. The van der Waals surface area contributed by atoms with E-state index >= 15 is 0 Å². The van der Waals surface area contributed by atoms with E-state index in [4.69, 9.17) is 4.74 Å². The normalized spacial score (nSPS) is 11.5. The van der Waals surface area contributed by atoms with Crippen LogP contribution in [0.5, 0.6) is 5.75 Å². The van der Waals surface area contributed by atoms with E-state index in [-0.39, 0.29) is 18.2 Å². The maximum atomic E-state index is 12.1. The largest absolute Gasteiger partial charge is 0.486 e. The number of Topliss-reactive ketones (excluding diaryl/α,β-unsaturated/α-hetero) is 2. The summed E-state index contributed by atoms with van der Waals surface area (Å²) in [6.07, 6.45) is 0.440. The van der Waals surface area contributed by atoms with E-state index in [9.17, 15) is 14.9 Å². The highest BCUT2D eigenvalue weighted by molar-refractivity contribution is 7.09. The van der Waals surface area contributed by atoms with Crippen LogP contribution in [-0.4, -0.2) is 23.2 Å². The highest BCUT2D eigenvalue weighted by Crippen LogP contribution is 2.21. The summed E-state index contributed by atoms with van der Waals surface area (Å²) in [5.41, 5.74) is 1.40. The fraction of sp³-hybridized carbons (Fsp3) is 0.294. The molecule has 0 saturated carbocycles. The molecule has 0 N–H and O–H groups in total. The number of aromatic nitrogens is 1. The van der Waals surface area contributed by atoms with Crippen molar-refractivity contribution in [2.24, 2.45) is 0 Å². The number of hydrogen-bond acceptors (Lipinski definition) is 6. The number of rotatable bonds is 7. The molecule has 23 heavy (non-hydrogen) atoms. The highest BCUT2D eigenvalue weighted by atomic mass is 32.1. The van der Waals surface area contributed by atoms with Gasteiger partial charge >= 0.3 is 0 Å². The van der Waals surface area contributed by atoms with Gasteiger partial charge in [-0.25, -0.2) is 4.98 Å². The number of aryl methyl sites for hydroxylation is 1. The van der Waals surface area contributed by atoms with Crippen molar-refractivity contribution in [1.82, 2.24) is 4.98 Å². The van der Waals surface area contributed by atoms with E-state index in [1.165, 1.54) is 11.3 Å². The molecule has 1 heterocycles. The van der Waals surface area contributed by atoms with Gasteiger partial charge in [-0.1, -0.05) is 6.92 Å². The van der Waals surface area contributed by atoms with Crippen LogP contribution in [0.2, 0.25) is 0 Å². The second-order valence-corrected chi connectivity index (χ2v) is 5.84. The molecule has 5 nitrogen and oxygen atoms in total. The Kier molecular flexibility index (Phi) is 5.61. The molecular weight excluding hydrogens is 312 g/mol. The third-order valence-corrected chi connectivity index (χ3v) is 4.24. The Morgan fingerprint density at radius 1 is 1.35 bits per heavy atom. The van der Waals surface area contributed by atoms with Crippen LogP contribution in [0.25, 0.3) is 0 Å². The second-order valence-electron chi connectivity index (χ2n) is 4.95. The van der Waals surface area contributed by atoms with Crippen LogP contribution >= 0.6 is 11.3 Å². The van der Waals surface area contributed by atoms with Crippen molar-refractivity contribution in [3.63, 3.8) is 0 Å². The summed E-state index contributed by atoms with van der Waals surface area (Å²) in [7, 11) is 0. The molecule has 0 fully saturated rings. The van der Waals surface area contributed by atoms with Gasteiger partial charge in [-0.15, -0.1) is 11.3 Å². The maximum Gasteiger partial charge on any atom is 0.194 e. The number of carbonyl (C=O) groups excluding carboxylic acids is 2. The lowest BCUT2D eigenvalue weighted by atomic mass is 10.1. The quantitative estimate of drug-likeness (QED) is 0.729. The van der Waals surface area contributed by atoms with Gasteiger partial charge < -0.3 is 4.74 Å². The summed E-state index contributed by atoms with van der Waals surface area (Å²) in [6, 6.07) is 8.59. The Labute approximate surface area is 138 Å². The molecule has 0 aliphatic rings. The van der Waals surface area contributed by atoms with Crippen LogP contribution in [0, 0.1) is 18.3 Å². The van der Waals surface area contributed by atoms with Gasteiger partial charge in [0.1, 0.15) is 17.4 Å². The number of nitriles is 1. The van der Waals surface area contributed by atoms with Crippen LogP contribution in [-0.2, 0) is 4.79 Å². The number of ketones is 2. The minimum atomic E-state index is -0.908. The van der Waals surface area contributed by atoms with Crippen molar-refractivity contribution < 1.29 is 14.3 Å². The van der Waals surface area contributed by atoms with Gasteiger partial charge in [0.15, 0.2) is 17.5 Å². The van der Waals surface area contributed by atoms with E-state index in [0.717, 1.165) is 5.69 Å². The fourth-order valence-electron chi connectivity index (χ4n) is 1.95. The van der Waals surface area contributed by atoms with Gasteiger partial charge in [-0.3, -0.25) is 9.59 Å². The van der Waals surface area contributed by atoms with E-state index in [1.54, 1.807) is 36.6 Å². The smallest absolute Gasteiger partial charge is 0.194 e. The molecule has 0 unspecified atom stereocenters. The lowest BCUT2D eigenvalue weighted by molar-refractivity contribution is -0.121. The van der Waals surface area contributed by atoms with Crippen molar-refractivity contribution in [3.8, 4) is 11.8 Å². The Hall–Kier alpha value is -2.52. The summed E-state index contributed by atoms with van der Waals surface area (Å²) in [5, 5.41) is 11.5. The Bertz CT molecular complexity index is 744. The van der Waals surface area contributed by atoms with Crippen LogP contribution in [0.4, 0.5) is 0 Å². The monoisotopic (exact) mass is 328 g/mol. The molecular formula is C17H16N2O3S. The average molecular weight is 328 g/mol. The summed E-state index contributed by atoms with van der Waals surface area (Å²) >= 11 is 1.29. The Morgan fingerprint density at radius 2 is 2.04 bits per heavy atom. The maximum absolute atomic E-state index is 12.1. The third-order valence-electron chi connectivity index (χ3n) is 3.21. The van der Waals surface area contributed by atoms with Crippen LogP contribution in [0.3, 0.4) is 0 Å². The minimum absolute atomic E-state index is 0.0521. The first-order valence-electron chi connectivity index (χ1n) is 7.15. The summed E-state index contributed by atoms with van der Waals surface area (Å²) in [4.78, 5) is 27.9. The molecule has 0 bridgehead atoms. The molecule has 2 rings (SSSR count). The average Bonchev–Trinajstić information content (AvgIpc) is 2.99. The van der Waals surface area contributed by atoms with Crippen molar-refractivity contribution in [2.45, 2.75) is 26.2 Å². The topological polar surface area (TPSA) is 80.0 Å². The number of hydrogen-bond donors (Lipinski definition) is 0. The number of benzene rings is 1. The Morgan fingerprint density at radius 3 is 2.57 bits per heavy atom. The molecule has 0 spiro atoms. The first-order chi connectivity index (χ1) is 11.0. The molecule has 0 amide bonds. The van der Waals surface area contributed by atoms with E-state index in [1.807, 2.05) is 13.0 Å². The summed E-state index contributed by atoms with van der Waals surface area (Å²) < 4.78 is 5.41. The third kappa shape index (κ3) is 4.24. The number of nitrogens with zero attached hydrogens (tertiary/aromatic N) is 2. The molecule has 1 aromatic heterocycles. The van der Waals surface area contributed by atoms with Gasteiger partial charge in [-0.2, -0.15) is 5.26 Å². The van der Waals surface area contributed by atoms with Gasteiger partial charge in [0.25, 0.3) is 0 Å². The Balaban J connectivity index is 1.98. The summed E-state index contributed by atoms with van der Waals surface area (Å²) in [5.74, 6) is -0.709. The molecule has 0 aliphatic carbocycles. The van der Waals surface area contributed by atoms with Gasteiger partial charge in [0.2, 0.25) is 0 Å². The molecule has 118 valence electrons. The zero-order valence-corrected chi connectivity index (χ0v) is 13.7. The van der Waals surface area contributed by atoms with Crippen LogP contribution in [0.1, 0.15) is 40.3 Å². The van der Waals surface area contributed by atoms with Crippen molar-refractivity contribution in [2.75, 3.05) is 6.61 Å². The summed E-state index contributed by atoms with van der Waals surface area (Å²) in [6.45, 7) is 3.40. The fourth-order valence-corrected chi connectivity index (χ4v) is 2.81. The molecule has 1 aromatic carbocycles. The molecule has 0 saturated heterocycles. The first-order valence-corrected chi connectivity index (χ1v) is 8.03. The molecule has 0 radical (unpaired) electrons. The highest BCUT2D eigenvalue weighted by Gasteiger charge is 2.23. The zero-order valence-electron chi connectivity index (χ0n) is 12.9. The number of ether oxygens (including phenoxy) is 1. The van der Waals surface area contributed by atoms with Gasteiger partial charge in [0, 0.05) is 23.1 Å². The molecule has 1 atom stereocenters. The number of thiazole rings is 1. The van der Waals surface area contributed by atoms with E-state index in [2.05, 4.69) is 4.98 Å². The number of carbonyl (C=O) groups is 2. The minimum Gasteiger partial charge on any atom is -0.486 e. The van der Waals surface area contributed by atoms with Crippen molar-refractivity contribution in [1.29, 1.82) is 5.26 Å². The lowest BCUT2D eigenvalue weighted by Gasteiger charge is -2.08. The van der Waals surface area contributed by atoms with Crippen LogP contribution < -0.4 is 4.74 Å². The molecule has 2 aromatic rings. The predicted octanol–water partition coefficient (Wildman–Crippen LogP) is 3.30. The molecule has 0 aliphatic heterocycles. The second kappa shape index (κ2) is 7.65.